The van der Waals surface area contributed by atoms with Gasteiger partial charge in [-0.15, -0.1) is 0 Å². The molecule has 1 aromatic rings. The van der Waals surface area contributed by atoms with Crippen molar-refractivity contribution in [3.05, 3.63) is 27.7 Å². The Balaban J connectivity index is 1.80. The number of nitrogens with one attached hydrogen (secondary N) is 1. The summed E-state index contributed by atoms with van der Waals surface area (Å²) in [5.41, 5.74) is 0.411. The second-order valence-corrected chi connectivity index (χ2v) is 6.66. The van der Waals surface area contributed by atoms with Gasteiger partial charge in [-0.3, -0.25) is 9.59 Å². The first-order valence-electron chi connectivity index (χ1n) is 8.31. The number of carbonyl (C=O) groups is 1. The molecule has 0 aliphatic heterocycles. The van der Waals surface area contributed by atoms with Gasteiger partial charge in [0.25, 0.3) is 5.91 Å². The van der Waals surface area contributed by atoms with Crippen LogP contribution in [-0.4, -0.2) is 22.1 Å². The van der Waals surface area contributed by atoms with Crippen molar-refractivity contribution in [3.63, 3.8) is 0 Å². The molecule has 120 valence electrons. The van der Waals surface area contributed by atoms with E-state index in [0.717, 1.165) is 31.4 Å². The van der Waals surface area contributed by atoms with Crippen molar-refractivity contribution >= 4 is 5.91 Å². The molecular weight excluding hydrogens is 280 g/mol. The minimum Gasteiger partial charge on any atom is -0.503 e. The predicted molar refractivity (Wildman–Crippen MR) is 84.3 cm³/mol. The Bertz CT molecular complexity index is 626. The Labute approximate surface area is 130 Å². The topological polar surface area (TPSA) is 71.3 Å². The predicted octanol–water partition coefficient (Wildman–Crippen LogP) is 2.51. The van der Waals surface area contributed by atoms with E-state index in [2.05, 4.69) is 5.32 Å². The maximum Gasteiger partial charge on any atom is 0.271 e. The normalized spacial score (nSPS) is 19.1. The number of hydrogen-bond donors (Lipinski definition) is 2. The van der Waals surface area contributed by atoms with Gasteiger partial charge in [-0.25, -0.2) is 0 Å². The molecule has 5 nitrogen and oxygen atoms in total. The number of aromatic nitrogens is 1. The molecule has 2 N–H and O–H groups in total. The molecule has 1 aromatic heterocycles. The first-order chi connectivity index (χ1) is 10.6. The molecule has 0 bridgehead atoms. The van der Waals surface area contributed by atoms with Crippen molar-refractivity contribution in [2.75, 3.05) is 6.54 Å². The minimum atomic E-state index is -0.475. The molecule has 2 aliphatic rings. The third-order valence-electron chi connectivity index (χ3n) is 4.82. The van der Waals surface area contributed by atoms with Crippen molar-refractivity contribution in [2.24, 2.45) is 5.92 Å². The lowest BCUT2D eigenvalue weighted by atomic mass is 9.89. The van der Waals surface area contributed by atoms with Crippen molar-refractivity contribution < 1.29 is 9.90 Å². The first-order valence-corrected chi connectivity index (χ1v) is 8.31. The molecule has 3 rings (SSSR count). The zero-order chi connectivity index (χ0) is 15.7. The van der Waals surface area contributed by atoms with E-state index in [0.29, 0.717) is 12.5 Å². The SMILES string of the molecule is Cc1cc(=O)c(O)c(C(=O)NCC2CCCCC2)n1C1CC1. The number of aromatic hydroxyl groups is 1. The monoisotopic (exact) mass is 304 g/mol. The van der Waals surface area contributed by atoms with Crippen molar-refractivity contribution in [1.82, 2.24) is 9.88 Å². The van der Waals surface area contributed by atoms with E-state index in [4.69, 9.17) is 0 Å². The van der Waals surface area contributed by atoms with Crippen LogP contribution in [0.1, 0.15) is 67.2 Å². The summed E-state index contributed by atoms with van der Waals surface area (Å²) in [6.07, 6.45) is 8.01. The molecule has 0 spiro atoms. The highest BCUT2D eigenvalue weighted by Gasteiger charge is 2.31. The average molecular weight is 304 g/mol. The largest absolute Gasteiger partial charge is 0.503 e. The molecule has 0 aromatic carbocycles. The number of aryl methyl sites for hydroxylation is 1. The van der Waals surface area contributed by atoms with E-state index in [-0.39, 0.29) is 17.6 Å². The summed E-state index contributed by atoms with van der Waals surface area (Å²) < 4.78 is 1.83. The zero-order valence-electron chi connectivity index (χ0n) is 13.1. The standard InChI is InChI=1S/C17H24N2O3/c1-11-9-14(20)16(21)15(19(11)13-7-8-13)17(22)18-10-12-5-3-2-4-6-12/h9,12-13,21H,2-8,10H2,1H3,(H,18,22). The first kappa shape index (κ1) is 15.1. The maximum absolute atomic E-state index is 12.5. The highest BCUT2D eigenvalue weighted by molar-refractivity contribution is 5.95. The van der Waals surface area contributed by atoms with E-state index < -0.39 is 11.2 Å². The zero-order valence-corrected chi connectivity index (χ0v) is 13.1. The molecule has 1 amide bonds. The number of amides is 1. The fourth-order valence-corrected chi connectivity index (χ4v) is 3.47. The van der Waals surface area contributed by atoms with Crippen LogP contribution in [0.3, 0.4) is 0 Å². The van der Waals surface area contributed by atoms with Crippen LogP contribution in [0, 0.1) is 12.8 Å². The Kier molecular flexibility index (Phi) is 4.23. The van der Waals surface area contributed by atoms with Gasteiger partial charge in [0.15, 0.2) is 11.4 Å². The second kappa shape index (κ2) is 6.15. The molecule has 2 saturated carbocycles. The van der Waals surface area contributed by atoms with Crippen LogP contribution in [0.15, 0.2) is 10.9 Å². The minimum absolute atomic E-state index is 0.142. The highest BCUT2D eigenvalue weighted by Crippen LogP contribution is 2.38. The van der Waals surface area contributed by atoms with Crippen molar-refractivity contribution in [3.8, 4) is 5.75 Å². The van der Waals surface area contributed by atoms with E-state index in [1.165, 1.54) is 25.3 Å². The summed E-state index contributed by atoms with van der Waals surface area (Å²) in [7, 11) is 0. The van der Waals surface area contributed by atoms with Crippen LogP contribution in [-0.2, 0) is 0 Å². The van der Waals surface area contributed by atoms with Crippen LogP contribution in [0.2, 0.25) is 0 Å². The van der Waals surface area contributed by atoms with Crippen LogP contribution in [0.5, 0.6) is 5.75 Å². The van der Waals surface area contributed by atoms with Crippen molar-refractivity contribution in [1.29, 1.82) is 0 Å². The van der Waals surface area contributed by atoms with Gasteiger partial charge >= 0.3 is 0 Å². The quantitative estimate of drug-likeness (QED) is 0.898. The van der Waals surface area contributed by atoms with Crippen LogP contribution < -0.4 is 10.7 Å². The average Bonchev–Trinajstić information content (AvgIpc) is 3.34. The van der Waals surface area contributed by atoms with E-state index in [9.17, 15) is 14.7 Å². The molecule has 2 aliphatic carbocycles. The molecule has 2 fully saturated rings. The molecule has 0 radical (unpaired) electrons. The Morgan fingerprint density at radius 3 is 2.59 bits per heavy atom. The summed E-state index contributed by atoms with van der Waals surface area (Å²) in [4.78, 5) is 24.4. The van der Waals surface area contributed by atoms with Gasteiger partial charge in [0, 0.05) is 24.3 Å². The number of pyridine rings is 1. The summed E-state index contributed by atoms with van der Waals surface area (Å²) in [5, 5.41) is 13.0. The van der Waals surface area contributed by atoms with E-state index >= 15 is 0 Å². The number of rotatable bonds is 4. The lowest BCUT2D eigenvalue weighted by molar-refractivity contribution is 0.0929. The van der Waals surface area contributed by atoms with E-state index in [1.807, 2.05) is 11.5 Å². The van der Waals surface area contributed by atoms with Gasteiger partial charge in [0.05, 0.1) is 0 Å². The van der Waals surface area contributed by atoms with Crippen LogP contribution in [0.4, 0.5) is 0 Å². The van der Waals surface area contributed by atoms with E-state index in [1.54, 1.807) is 0 Å². The van der Waals surface area contributed by atoms with Gasteiger partial charge in [-0.2, -0.15) is 0 Å². The molecule has 0 saturated heterocycles. The third kappa shape index (κ3) is 3.03. The summed E-state index contributed by atoms with van der Waals surface area (Å²) in [6, 6.07) is 1.65. The Morgan fingerprint density at radius 2 is 1.95 bits per heavy atom. The summed E-state index contributed by atoms with van der Waals surface area (Å²) >= 11 is 0. The fraction of sp³-hybridized carbons (Fsp3) is 0.647. The number of nitrogens with zero attached hydrogens (tertiary/aromatic N) is 1. The number of hydrogen-bond acceptors (Lipinski definition) is 3. The Morgan fingerprint density at radius 1 is 1.27 bits per heavy atom. The van der Waals surface area contributed by atoms with Crippen LogP contribution in [0.25, 0.3) is 0 Å². The fourth-order valence-electron chi connectivity index (χ4n) is 3.47. The second-order valence-electron chi connectivity index (χ2n) is 6.66. The molecule has 5 heteroatoms. The third-order valence-corrected chi connectivity index (χ3v) is 4.82. The Hall–Kier alpha value is -1.78. The highest BCUT2D eigenvalue weighted by atomic mass is 16.3. The molecular formula is C17H24N2O3. The van der Waals surface area contributed by atoms with Gasteiger partial charge in [-0.1, -0.05) is 19.3 Å². The lowest BCUT2D eigenvalue weighted by Crippen LogP contribution is -2.33. The maximum atomic E-state index is 12.5. The summed E-state index contributed by atoms with van der Waals surface area (Å²) in [5.74, 6) is -0.222. The van der Waals surface area contributed by atoms with Gasteiger partial charge in [0.1, 0.15) is 0 Å². The molecule has 22 heavy (non-hydrogen) atoms. The smallest absolute Gasteiger partial charge is 0.271 e. The van der Waals surface area contributed by atoms with Gasteiger partial charge in [0.2, 0.25) is 5.43 Å². The molecule has 0 unspecified atom stereocenters. The molecule has 1 heterocycles. The van der Waals surface area contributed by atoms with Gasteiger partial charge < -0.3 is 15.0 Å². The molecule has 0 atom stereocenters. The number of carbonyl (C=O) groups excluding carboxylic acids is 1. The van der Waals surface area contributed by atoms with Crippen LogP contribution >= 0.6 is 0 Å². The van der Waals surface area contributed by atoms with Crippen molar-refractivity contribution in [2.45, 2.75) is 57.9 Å². The van der Waals surface area contributed by atoms with Gasteiger partial charge in [-0.05, 0) is 38.5 Å². The lowest BCUT2D eigenvalue weighted by Gasteiger charge is -2.23. The summed E-state index contributed by atoms with van der Waals surface area (Å²) in [6.45, 7) is 2.45.